The molecule has 0 bridgehead atoms. The molecule has 3 rings (SSSR count). The van der Waals surface area contributed by atoms with Crippen molar-refractivity contribution in [2.45, 2.75) is 19.4 Å². The Morgan fingerprint density at radius 1 is 1.12 bits per heavy atom. The lowest BCUT2D eigenvalue weighted by Gasteiger charge is -2.31. The van der Waals surface area contributed by atoms with E-state index in [1.54, 1.807) is 0 Å². The van der Waals surface area contributed by atoms with Crippen LogP contribution < -0.4 is 14.4 Å². The second kappa shape index (κ2) is 8.13. The Hall–Kier alpha value is -2.69. The molecule has 2 aromatic rings. The standard InChI is InChI=1S/C21H26N2O3/c1-4-12-23(21(24)16-8-7-9-17(13-16)22(2)3)14-18-15-25-19-10-5-6-11-20(19)26-18/h5-11,13,18H,4,12,14-15H2,1-3H3. The summed E-state index contributed by atoms with van der Waals surface area (Å²) in [5.41, 5.74) is 1.71. The summed E-state index contributed by atoms with van der Waals surface area (Å²) in [6.07, 6.45) is 0.723. The lowest BCUT2D eigenvalue weighted by atomic mass is 10.1. The third-order valence-corrected chi connectivity index (χ3v) is 4.38. The molecular formula is C21H26N2O3. The number of amides is 1. The lowest BCUT2D eigenvalue weighted by molar-refractivity contribution is 0.0462. The first kappa shape index (κ1) is 18.1. The third-order valence-electron chi connectivity index (χ3n) is 4.38. The highest BCUT2D eigenvalue weighted by Crippen LogP contribution is 2.31. The van der Waals surface area contributed by atoms with Crippen molar-refractivity contribution in [3.05, 3.63) is 54.1 Å². The topological polar surface area (TPSA) is 42.0 Å². The molecule has 5 nitrogen and oxygen atoms in total. The van der Waals surface area contributed by atoms with Crippen LogP contribution in [-0.2, 0) is 0 Å². The normalized spacial score (nSPS) is 15.4. The van der Waals surface area contributed by atoms with Crippen LogP contribution in [0, 0.1) is 0 Å². The first-order valence-corrected chi connectivity index (χ1v) is 9.03. The third kappa shape index (κ3) is 4.10. The van der Waals surface area contributed by atoms with Gasteiger partial charge in [0.1, 0.15) is 6.61 Å². The summed E-state index contributed by atoms with van der Waals surface area (Å²) in [6.45, 7) is 3.71. The molecule has 1 aliphatic rings. The molecule has 0 fully saturated rings. The average Bonchev–Trinajstić information content (AvgIpc) is 2.67. The highest BCUT2D eigenvalue weighted by atomic mass is 16.6. The van der Waals surface area contributed by atoms with Crippen LogP contribution in [0.25, 0.3) is 0 Å². The van der Waals surface area contributed by atoms with Gasteiger partial charge in [0.25, 0.3) is 5.91 Å². The molecule has 0 N–H and O–H groups in total. The number of rotatable bonds is 6. The predicted octanol–water partition coefficient (Wildman–Crippen LogP) is 3.44. The van der Waals surface area contributed by atoms with E-state index in [1.165, 1.54) is 0 Å². The molecule has 138 valence electrons. The molecule has 2 aromatic carbocycles. The summed E-state index contributed by atoms with van der Waals surface area (Å²) >= 11 is 0. The van der Waals surface area contributed by atoms with Crippen molar-refractivity contribution in [1.82, 2.24) is 4.90 Å². The highest BCUT2D eigenvalue weighted by Gasteiger charge is 2.25. The van der Waals surface area contributed by atoms with Crippen LogP contribution in [0.2, 0.25) is 0 Å². The number of anilines is 1. The van der Waals surface area contributed by atoms with E-state index >= 15 is 0 Å². The lowest BCUT2D eigenvalue weighted by Crippen LogP contribution is -2.44. The van der Waals surface area contributed by atoms with Crippen molar-refractivity contribution in [3.8, 4) is 11.5 Å². The summed E-state index contributed by atoms with van der Waals surface area (Å²) in [4.78, 5) is 16.9. The van der Waals surface area contributed by atoms with E-state index < -0.39 is 0 Å². The maximum atomic E-state index is 13.0. The van der Waals surface area contributed by atoms with Gasteiger partial charge in [0.15, 0.2) is 17.6 Å². The number of nitrogens with zero attached hydrogens (tertiary/aromatic N) is 2. The zero-order valence-corrected chi connectivity index (χ0v) is 15.6. The average molecular weight is 354 g/mol. The number of carbonyl (C=O) groups is 1. The van der Waals surface area contributed by atoms with Gasteiger partial charge < -0.3 is 19.3 Å². The quantitative estimate of drug-likeness (QED) is 0.797. The van der Waals surface area contributed by atoms with Gasteiger partial charge in [-0.15, -0.1) is 0 Å². The zero-order valence-electron chi connectivity index (χ0n) is 15.6. The van der Waals surface area contributed by atoms with E-state index in [-0.39, 0.29) is 12.0 Å². The fourth-order valence-electron chi connectivity index (χ4n) is 3.04. The summed E-state index contributed by atoms with van der Waals surface area (Å²) < 4.78 is 11.8. The van der Waals surface area contributed by atoms with Gasteiger partial charge in [-0.3, -0.25) is 4.79 Å². The van der Waals surface area contributed by atoms with Crippen molar-refractivity contribution in [1.29, 1.82) is 0 Å². The molecule has 5 heteroatoms. The maximum Gasteiger partial charge on any atom is 0.254 e. The summed E-state index contributed by atoms with van der Waals surface area (Å²) in [6, 6.07) is 15.4. The molecular weight excluding hydrogens is 328 g/mol. The summed E-state index contributed by atoms with van der Waals surface area (Å²) in [7, 11) is 3.94. The monoisotopic (exact) mass is 354 g/mol. The van der Waals surface area contributed by atoms with Crippen molar-refractivity contribution in [3.63, 3.8) is 0 Å². The molecule has 0 spiro atoms. The maximum absolute atomic E-state index is 13.0. The van der Waals surface area contributed by atoms with Crippen LogP contribution in [0.5, 0.6) is 11.5 Å². The minimum Gasteiger partial charge on any atom is -0.486 e. The van der Waals surface area contributed by atoms with Gasteiger partial charge >= 0.3 is 0 Å². The van der Waals surface area contributed by atoms with E-state index in [9.17, 15) is 4.79 Å². The van der Waals surface area contributed by atoms with Gasteiger partial charge in [-0.25, -0.2) is 0 Å². The molecule has 1 atom stereocenters. The molecule has 0 aliphatic carbocycles. The first-order valence-electron chi connectivity index (χ1n) is 9.03. The van der Waals surface area contributed by atoms with Crippen LogP contribution in [0.15, 0.2) is 48.5 Å². The van der Waals surface area contributed by atoms with Gasteiger partial charge in [-0.05, 0) is 36.8 Å². The minimum atomic E-state index is -0.169. The molecule has 0 saturated carbocycles. The first-order chi connectivity index (χ1) is 12.6. The van der Waals surface area contributed by atoms with Crippen LogP contribution in [-0.4, -0.2) is 50.7 Å². The number of para-hydroxylation sites is 2. The van der Waals surface area contributed by atoms with Crippen molar-refractivity contribution in [2.24, 2.45) is 0 Å². The van der Waals surface area contributed by atoms with Crippen LogP contribution in [0.4, 0.5) is 5.69 Å². The second-order valence-corrected chi connectivity index (χ2v) is 6.69. The van der Waals surface area contributed by atoms with Crippen molar-refractivity contribution in [2.75, 3.05) is 38.7 Å². The Morgan fingerprint density at radius 2 is 1.88 bits per heavy atom. The Bertz CT molecular complexity index is 760. The van der Waals surface area contributed by atoms with Gasteiger partial charge in [-0.2, -0.15) is 0 Å². The SMILES string of the molecule is CCCN(CC1COc2ccccc2O1)C(=O)c1cccc(N(C)C)c1. The number of benzene rings is 2. The minimum absolute atomic E-state index is 0.0259. The fourth-order valence-corrected chi connectivity index (χ4v) is 3.04. The molecule has 0 saturated heterocycles. The number of hydrogen-bond donors (Lipinski definition) is 0. The molecule has 26 heavy (non-hydrogen) atoms. The predicted molar refractivity (Wildman–Crippen MR) is 103 cm³/mol. The fraction of sp³-hybridized carbons (Fsp3) is 0.381. The number of carbonyl (C=O) groups excluding carboxylic acids is 1. The molecule has 1 amide bonds. The highest BCUT2D eigenvalue weighted by molar-refractivity contribution is 5.95. The van der Waals surface area contributed by atoms with E-state index in [0.717, 1.165) is 23.6 Å². The Balaban J connectivity index is 1.73. The molecule has 1 unspecified atom stereocenters. The molecule has 0 aromatic heterocycles. The smallest absolute Gasteiger partial charge is 0.254 e. The second-order valence-electron chi connectivity index (χ2n) is 6.69. The van der Waals surface area contributed by atoms with Crippen LogP contribution in [0.3, 0.4) is 0 Å². The molecule has 1 aliphatic heterocycles. The largest absolute Gasteiger partial charge is 0.486 e. The number of ether oxygens (including phenoxy) is 2. The van der Waals surface area contributed by atoms with Crippen LogP contribution >= 0.6 is 0 Å². The number of fused-ring (bicyclic) bond motifs is 1. The summed E-state index contributed by atoms with van der Waals surface area (Å²) in [5.74, 6) is 1.52. The zero-order chi connectivity index (χ0) is 18.5. The van der Waals surface area contributed by atoms with Crippen molar-refractivity contribution >= 4 is 11.6 Å². The molecule has 1 heterocycles. The summed E-state index contributed by atoms with van der Waals surface area (Å²) in [5, 5.41) is 0. The van der Waals surface area contributed by atoms with E-state index in [2.05, 4.69) is 6.92 Å². The van der Waals surface area contributed by atoms with Crippen molar-refractivity contribution < 1.29 is 14.3 Å². The van der Waals surface area contributed by atoms with Crippen LogP contribution in [0.1, 0.15) is 23.7 Å². The van der Waals surface area contributed by atoms with Gasteiger partial charge in [-0.1, -0.05) is 25.1 Å². The van der Waals surface area contributed by atoms with Gasteiger partial charge in [0.05, 0.1) is 6.54 Å². The van der Waals surface area contributed by atoms with E-state index in [4.69, 9.17) is 9.47 Å². The number of hydrogen-bond acceptors (Lipinski definition) is 4. The Labute approximate surface area is 155 Å². The Morgan fingerprint density at radius 3 is 2.62 bits per heavy atom. The molecule has 0 radical (unpaired) electrons. The van der Waals surface area contributed by atoms with Gasteiger partial charge in [0.2, 0.25) is 0 Å². The Kier molecular flexibility index (Phi) is 5.66. The van der Waals surface area contributed by atoms with Gasteiger partial charge in [0, 0.05) is 31.9 Å². The van der Waals surface area contributed by atoms with E-state index in [1.807, 2.05) is 72.4 Å². The van der Waals surface area contributed by atoms with E-state index in [0.29, 0.717) is 25.3 Å².